The van der Waals surface area contributed by atoms with Crippen molar-refractivity contribution in [2.45, 2.75) is 6.42 Å². The highest BCUT2D eigenvalue weighted by Gasteiger charge is 2.28. The average molecular weight is 551 g/mol. The van der Waals surface area contributed by atoms with Gasteiger partial charge < -0.3 is 20.4 Å². The molecule has 0 fully saturated rings. The first-order valence-electron chi connectivity index (χ1n) is 13.2. The SMILES string of the molecule is CN(C)CCN(C(=O)Cc1ccccc1)c1ccc(N/C(=C2\C(=O)Nc3cc(Cl)ccc32)c2ccccc2)cc1. The van der Waals surface area contributed by atoms with Gasteiger partial charge in [0.05, 0.1) is 23.4 Å². The van der Waals surface area contributed by atoms with E-state index in [1.807, 2.05) is 110 Å². The van der Waals surface area contributed by atoms with Crippen molar-refractivity contribution in [3.05, 3.63) is 125 Å². The topological polar surface area (TPSA) is 64.7 Å². The highest BCUT2D eigenvalue weighted by molar-refractivity contribution is 6.38. The highest BCUT2D eigenvalue weighted by Crippen LogP contribution is 2.38. The van der Waals surface area contributed by atoms with E-state index in [0.717, 1.165) is 34.6 Å². The Morgan fingerprint density at radius 2 is 1.52 bits per heavy atom. The molecule has 2 amide bonds. The number of halogens is 1. The molecule has 202 valence electrons. The second-order valence-electron chi connectivity index (χ2n) is 9.94. The third kappa shape index (κ3) is 6.25. The number of fused-ring (bicyclic) bond motifs is 1. The van der Waals surface area contributed by atoms with Crippen molar-refractivity contribution in [3.63, 3.8) is 0 Å². The molecule has 1 heterocycles. The lowest BCUT2D eigenvalue weighted by Gasteiger charge is -2.25. The van der Waals surface area contributed by atoms with Gasteiger partial charge in [-0.1, -0.05) is 78.3 Å². The first kappa shape index (κ1) is 27.2. The van der Waals surface area contributed by atoms with Gasteiger partial charge in [0.2, 0.25) is 5.91 Å². The van der Waals surface area contributed by atoms with Gasteiger partial charge in [-0.05, 0) is 61.6 Å². The summed E-state index contributed by atoms with van der Waals surface area (Å²) in [6.07, 6.45) is 0.330. The molecular weight excluding hydrogens is 520 g/mol. The first-order valence-corrected chi connectivity index (χ1v) is 13.5. The zero-order valence-corrected chi connectivity index (χ0v) is 23.3. The van der Waals surface area contributed by atoms with Gasteiger partial charge in [0.15, 0.2) is 0 Å². The van der Waals surface area contributed by atoms with E-state index in [2.05, 4.69) is 15.5 Å². The molecular formula is C33H31ClN4O2. The molecule has 2 N–H and O–H groups in total. The number of carbonyl (C=O) groups is 2. The summed E-state index contributed by atoms with van der Waals surface area (Å²) < 4.78 is 0. The van der Waals surface area contributed by atoms with Gasteiger partial charge in [-0.3, -0.25) is 9.59 Å². The summed E-state index contributed by atoms with van der Waals surface area (Å²) >= 11 is 6.18. The molecule has 0 unspecified atom stereocenters. The molecule has 0 bridgehead atoms. The van der Waals surface area contributed by atoms with Crippen molar-refractivity contribution in [3.8, 4) is 0 Å². The number of rotatable bonds is 9. The molecule has 6 nitrogen and oxygen atoms in total. The molecule has 0 spiro atoms. The largest absolute Gasteiger partial charge is 0.354 e. The zero-order valence-electron chi connectivity index (χ0n) is 22.5. The Hall–Kier alpha value is -4.39. The van der Waals surface area contributed by atoms with Crippen LogP contribution in [0.2, 0.25) is 5.02 Å². The Balaban J connectivity index is 1.46. The monoisotopic (exact) mass is 550 g/mol. The minimum atomic E-state index is -0.193. The molecule has 7 heteroatoms. The number of amides is 2. The zero-order chi connectivity index (χ0) is 28.1. The second-order valence-corrected chi connectivity index (χ2v) is 10.4. The predicted molar refractivity (Wildman–Crippen MR) is 164 cm³/mol. The summed E-state index contributed by atoms with van der Waals surface area (Å²) in [5.74, 6) is -0.152. The molecule has 0 atom stereocenters. The fraction of sp³-hybridized carbons (Fsp3) is 0.152. The van der Waals surface area contributed by atoms with Crippen molar-refractivity contribution in [2.24, 2.45) is 0 Å². The fourth-order valence-electron chi connectivity index (χ4n) is 4.71. The van der Waals surface area contributed by atoms with Crippen LogP contribution in [0.1, 0.15) is 16.7 Å². The maximum atomic E-state index is 13.4. The van der Waals surface area contributed by atoms with E-state index in [1.54, 1.807) is 12.1 Å². The quantitative estimate of drug-likeness (QED) is 0.236. The van der Waals surface area contributed by atoms with Crippen molar-refractivity contribution in [2.75, 3.05) is 42.7 Å². The number of nitrogens with one attached hydrogen (secondary N) is 2. The van der Waals surface area contributed by atoms with Crippen LogP contribution in [0.3, 0.4) is 0 Å². The number of nitrogens with zero attached hydrogens (tertiary/aromatic N) is 2. The maximum Gasteiger partial charge on any atom is 0.258 e. The van der Waals surface area contributed by atoms with Crippen LogP contribution in [0, 0.1) is 0 Å². The van der Waals surface area contributed by atoms with Crippen molar-refractivity contribution >= 4 is 51.7 Å². The molecule has 1 aliphatic heterocycles. The Labute approximate surface area is 239 Å². The highest BCUT2D eigenvalue weighted by atomic mass is 35.5. The van der Waals surface area contributed by atoms with E-state index in [1.165, 1.54) is 0 Å². The Kier molecular flexibility index (Phi) is 8.29. The van der Waals surface area contributed by atoms with Gasteiger partial charge in [-0.25, -0.2) is 0 Å². The van der Waals surface area contributed by atoms with Crippen LogP contribution in [-0.2, 0) is 16.0 Å². The molecule has 1 aliphatic rings. The summed E-state index contributed by atoms with van der Waals surface area (Å²) in [5, 5.41) is 6.98. The number of hydrogen-bond donors (Lipinski definition) is 2. The Bertz CT molecular complexity index is 1530. The third-order valence-electron chi connectivity index (χ3n) is 6.76. The summed E-state index contributed by atoms with van der Waals surface area (Å²) in [6.45, 7) is 1.31. The van der Waals surface area contributed by atoms with Crippen LogP contribution in [0.5, 0.6) is 0 Å². The maximum absolute atomic E-state index is 13.4. The standard InChI is InChI=1S/C33H31ClN4O2/c1-37(2)19-20-38(30(39)21-23-9-5-3-6-10-23)27-16-14-26(15-17-27)35-32(24-11-7-4-8-12-24)31-28-18-13-25(34)22-29(28)36-33(31)40/h3-18,22,35H,19-21H2,1-2H3,(H,36,40)/b32-31-. The Morgan fingerprint density at radius 1 is 0.850 bits per heavy atom. The van der Waals surface area contributed by atoms with E-state index in [0.29, 0.717) is 34.9 Å². The van der Waals surface area contributed by atoms with Crippen LogP contribution in [0.15, 0.2) is 103 Å². The van der Waals surface area contributed by atoms with E-state index in [4.69, 9.17) is 11.6 Å². The van der Waals surface area contributed by atoms with Crippen LogP contribution >= 0.6 is 11.6 Å². The molecule has 0 radical (unpaired) electrons. The number of carbonyl (C=O) groups excluding carboxylic acids is 2. The average Bonchev–Trinajstić information content (AvgIpc) is 3.27. The van der Waals surface area contributed by atoms with Gasteiger partial charge in [0.1, 0.15) is 0 Å². The molecule has 0 saturated heterocycles. The van der Waals surface area contributed by atoms with Crippen molar-refractivity contribution in [1.29, 1.82) is 0 Å². The van der Waals surface area contributed by atoms with Gasteiger partial charge in [0.25, 0.3) is 5.91 Å². The van der Waals surface area contributed by atoms with Crippen LogP contribution in [-0.4, -0.2) is 43.9 Å². The van der Waals surface area contributed by atoms with Gasteiger partial charge in [0, 0.05) is 35.1 Å². The molecule has 5 rings (SSSR count). The van der Waals surface area contributed by atoms with Gasteiger partial charge in [-0.2, -0.15) is 0 Å². The number of hydrogen-bond acceptors (Lipinski definition) is 4. The third-order valence-corrected chi connectivity index (χ3v) is 6.99. The minimum Gasteiger partial charge on any atom is -0.354 e. The molecule has 40 heavy (non-hydrogen) atoms. The molecule has 0 aliphatic carbocycles. The summed E-state index contributed by atoms with van der Waals surface area (Å²) in [7, 11) is 3.99. The number of anilines is 3. The lowest BCUT2D eigenvalue weighted by molar-refractivity contribution is -0.118. The molecule has 0 saturated carbocycles. The van der Waals surface area contributed by atoms with E-state index < -0.39 is 0 Å². The normalized spacial score (nSPS) is 13.6. The second kappa shape index (κ2) is 12.2. The van der Waals surface area contributed by atoms with Crippen LogP contribution in [0.25, 0.3) is 11.3 Å². The summed E-state index contributed by atoms with van der Waals surface area (Å²) in [4.78, 5) is 30.4. The molecule has 0 aromatic heterocycles. The lowest BCUT2D eigenvalue weighted by Crippen LogP contribution is -2.37. The van der Waals surface area contributed by atoms with E-state index in [9.17, 15) is 9.59 Å². The van der Waals surface area contributed by atoms with Crippen LogP contribution in [0.4, 0.5) is 17.1 Å². The Morgan fingerprint density at radius 3 is 2.20 bits per heavy atom. The molecule has 4 aromatic rings. The van der Waals surface area contributed by atoms with E-state index >= 15 is 0 Å². The number of likely N-dealkylation sites (N-methyl/N-ethyl adjacent to an activating group) is 1. The minimum absolute atomic E-state index is 0.0405. The van der Waals surface area contributed by atoms with Crippen molar-refractivity contribution in [1.82, 2.24) is 4.90 Å². The smallest absolute Gasteiger partial charge is 0.258 e. The number of benzene rings is 4. The van der Waals surface area contributed by atoms with Gasteiger partial charge >= 0.3 is 0 Å². The van der Waals surface area contributed by atoms with Crippen LogP contribution < -0.4 is 15.5 Å². The van der Waals surface area contributed by atoms with E-state index in [-0.39, 0.29) is 11.8 Å². The first-order chi connectivity index (χ1) is 19.4. The van der Waals surface area contributed by atoms with Crippen molar-refractivity contribution < 1.29 is 9.59 Å². The molecule has 4 aromatic carbocycles. The fourth-order valence-corrected chi connectivity index (χ4v) is 4.88. The van der Waals surface area contributed by atoms with Gasteiger partial charge in [-0.15, -0.1) is 0 Å². The predicted octanol–water partition coefficient (Wildman–Crippen LogP) is 6.41. The summed E-state index contributed by atoms with van der Waals surface area (Å²) in [5.41, 5.74) is 6.20. The lowest BCUT2D eigenvalue weighted by atomic mass is 10.00. The summed E-state index contributed by atoms with van der Waals surface area (Å²) in [6, 6.07) is 32.7.